The molecule has 12 heavy (non-hydrogen) atoms. The summed E-state index contributed by atoms with van der Waals surface area (Å²) in [6, 6.07) is 0. The predicted octanol–water partition coefficient (Wildman–Crippen LogP) is 1.23. The zero-order valence-electron chi connectivity index (χ0n) is 7.55. The third-order valence-electron chi connectivity index (χ3n) is 3.27. The van der Waals surface area contributed by atoms with Crippen LogP contribution in [0.4, 0.5) is 0 Å². The van der Waals surface area contributed by atoms with E-state index < -0.39 is 5.97 Å². The zero-order chi connectivity index (χ0) is 9.19. The molecule has 3 nitrogen and oxygen atoms in total. The van der Waals surface area contributed by atoms with E-state index in [4.69, 9.17) is 10.8 Å². The Bertz CT molecular complexity index is 181. The van der Waals surface area contributed by atoms with Crippen LogP contribution in [0.15, 0.2) is 0 Å². The summed E-state index contributed by atoms with van der Waals surface area (Å²) in [6.07, 6.45) is 3.48. The molecule has 1 fully saturated rings. The van der Waals surface area contributed by atoms with Crippen molar-refractivity contribution in [2.24, 2.45) is 17.1 Å². The first-order chi connectivity index (χ1) is 5.60. The van der Waals surface area contributed by atoms with E-state index >= 15 is 0 Å². The van der Waals surface area contributed by atoms with Gasteiger partial charge in [0.05, 0.1) is 6.42 Å². The molecule has 3 heteroatoms. The maximum absolute atomic E-state index is 10.6. The molecule has 0 aromatic heterocycles. The lowest BCUT2D eigenvalue weighted by atomic mass is 9.76. The SMILES string of the molecule is CC1CCCC1(CN)CC(=O)O. The van der Waals surface area contributed by atoms with E-state index in [0.717, 1.165) is 19.3 Å². The molecule has 0 aromatic rings. The van der Waals surface area contributed by atoms with E-state index in [1.807, 2.05) is 0 Å². The monoisotopic (exact) mass is 171 g/mol. The van der Waals surface area contributed by atoms with Crippen molar-refractivity contribution in [3.8, 4) is 0 Å². The molecule has 0 radical (unpaired) electrons. The predicted molar refractivity (Wildman–Crippen MR) is 46.8 cm³/mol. The number of carbonyl (C=O) groups is 1. The summed E-state index contributed by atoms with van der Waals surface area (Å²) in [5, 5.41) is 8.73. The zero-order valence-corrected chi connectivity index (χ0v) is 7.55. The lowest BCUT2D eigenvalue weighted by Crippen LogP contribution is -2.35. The summed E-state index contributed by atoms with van der Waals surface area (Å²) in [5.41, 5.74) is 5.54. The van der Waals surface area contributed by atoms with Gasteiger partial charge >= 0.3 is 5.97 Å². The fraction of sp³-hybridized carbons (Fsp3) is 0.889. The fourth-order valence-corrected chi connectivity index (χ4v) is 2.25. The molecule has 0 bridgehead atoms. The quantitative estimate of drug-likeness (QED) is 0.671. The summed E-state index contributed by atoms with van der Waals surface area (Å²) in [7, 11) is 0. The molecule has 2 unspecified atom stereocenters. The van der Waals surface area contributed by atoms with Crippen LogP contribution in [0.2, 0.25) is 0 Å². The molecule has 0 heterocycles. The normalized spacial score (nSPS) is 35.3. The molecule has 0 aromatic carbocycles. The standard InChI is InChI=1S/C9H17NO2/c1-7-3-2-4-9(7,6-10)5-8(11)12/h7H,2-6,10H2,1H3,(H,11,12). The molecule has 0 aliphatic heterocycles. The molecular formula is C9H17NO2. The highest BCUT2D eigenvalue weighted by Gasteiger charge is 2.40. The van der Waals surface area contributed by atoms with Gasteiger partial charge in [-0.05, 0) is 24.3 Å². The minimum Gasteiger partial charge on any atom is -0.481 e. The average molecular weight is 171 g/mol. The third kappa shape index (κ3) is 1.61. The number of hydrogen-bond acceptors (Lipinski definition) is 2. The second kappa shape index (κ2) is 3.44. The maximum atomic E-state index is 10.6. The van der Waals surface area contributed by atoms with E-state index in [0.29, 0.717) is 12.5 Å². The first-order valence-corrected chi connectivity index (χ1v) is 4.52. The molecule has 70 valence electrons. The van der Waals surface area contributed by atoms with Gasteiger partial charge in [-0.2, -0.15) is 0 Å². The smallest absolute Gasteiger partial charge is 0.303 e. The van der Waals surface area contributed by atoms with E-state index in [1.54, 1.807) is 0 Å². The summed E-state index contributed by atoms with van der Waals surface area (Å²) < 4.78 is 0. The van der Waals surface area contributed by atoms with E-state index in [2.05, 4.69) is 6.92 Å². The largest absolute Gasteiger partial charge is 0.481 e. The van der Waals surface area contributed by atoms with Gasteiger partial charge in [-0.3, -0.25) is 4.79 Å². The minimum atomic E-state index is -0.714. The number of rotatable bonds is 3. The van der Waals surface area contributed by atoms with Crippen molar-refractivity contribution in [3.63, 3.8) is 0 Å². The Hall–Kier alpha value is -0.570. The number of aliphatic carboxylic acids is 1. The molecule has 1 aliphatic rings. The summed E-state index contributed by atoms with van der Waals surface area (Å²) in [6.45, 7) is 2.63. The van der Waals surface area contributed by atoms with Gasteiger partial charge in [-0.15, -0.1) is 0 Å². The van der Waals surface area contributed by atoms with Crippen LogP contribution in [-0.4, -0.2) is 17.6 Å². The molecule has 0 amide bonds. The Kier molecular flexibility index (Phi) is 2.73. The maximum Gasteiger partial charge on any atom is 0.303 e. The number of hydrogen-bond donors (Lipinski definition) is 2. The van der Waals surface area contributed by atoms with Gasteiger partial charge in [0.25, 0.3) is 0 Å². The Labute approximate surface area is 72.9 Å². The van der Waals surface area contributed by atoms with Crippen molar-refractivity contribution < 1.29 is 9.90 Å². The highest BCUT2D eigenvalue weighted by atomic mass is 16.4. The van der Waals surface area contributed by atoms with Crippen LogP contribution < -0.4 is 5.73 Å². The van der Waals surface area contributed by atoms with Gasteiger partial charge in [0.2, 0.25) is 0 Å². The van der Waals surface area contributed by atoms with E-state index in [1.165, 1.54) is 0 Å². The van der Waals surface area contributed by atoms with Crippen LogP contribution in [0.5, 0.6) is 0 Å². The summed E-state index contributed by atoms with van der Waals surface area (Å²) in [4.78, 5) is 10.6. The lowest BCUT2D eigenvalue weighted by Gasteiger charge is -2.30. The Morgan fingerprint density at radius 1 is 1.75 bits per heavy atom. The number of carboxylic acids is 1. The second-order valence-corrected chi connectivity index (χ2v) is 3.93. The van der Waals surface area contributed by atoms with Crippen molar-refractivity contribution in [2.45, 2.75) is 32.6 Å². The fourth-order valence-electron chi connectivity index (χ4n) is 2.25. The Morgan fingerprint density at radius 2 is 2.42 bits per heavy atom. The second-order valence-electron chi connectivity index (χ2n) is 3.93. The Balaban J connectivity index is 2.67. The van der Waals surface area contributed by atoms with Crippen LogP contribution in [0.1, 0.15) is 32.6 Å². The average Bonchev–Trinajstić information content (AvgIpc) is 2.32. The first kappa shape index (κ1) is 9.52. The Morgan fingerprint density at radius 3 is 2.75 bits per heavy atom. The van der Waals surface area contributed by atoms with Crippen molar-refractivity contribution in [1.29, 1.82) is 0 Å². The molecular weight excluding hydrogens is 154 g/mol. The van der Waals surface area contributed by atoms with Crippen molar-refractivity contribution in [3.05, 3.63) is 0 Å². The van der Waals surface area contributed by atoms with Gasteiger partial charge in [-0.1, -0.05) is 19.8 Å². The van der Waals surface area contributed by atoms with Crippen molar-refractivity contribution in [1.82, 2.24) is 0 Å². The van der Waals surface area contributed by atoms with Crippen LogP contribution in [0.25, 0.3) is 0 Å². The highest BCUT2D eigenvalue weighted by Crippen LogP contribution is 2.44. The number of carboxylic acid groups (broad SMARTS) is 1. The van der Waals surface area contributed by atoms with Crippen LogP contribution in [-0.2, 0) is 4.79 Å². The summed E-state index contributed by atoms with van der Waals surface area (Å²) >= 11 is 0. The van der Waals surface area contributed by atoms with Gasteiger partial charge < -0.3 is 10.8 Å². The number of nitrogens with two attached hydrogens (primary N) is 1. The molecule has 0 saturated heterocycles. The van der Waals surface area contributed by atoms with Crippen LogP contribution >= 0.6 is 0 Å². The topological polar surface area (TPSA) is 63.3 Å². The molecule has 1 aliphatic carbocycles. The molecule has 1 saturated carbocycles. The molecule has 2 atom stereocenters. The molecule has 0 spiro atoms. The van der Waals surface area contributed by atoms with Crippen molar-refractivity contribution in [2.75, 3.05) is 6.54 Å². The first-order valence-electron chi connectivity index (χ1n) is 4.52. The minimum absolute atomic E-state index is 0.105. The van der Waals surface area contributed by atoms with Crippen LogP contribution in [0.3, 0.4) is 0 Å². The summed E-state index contributed by atoms with van der Waals surface area (Å²) in [5.74, 6) is -0.243. The van der Waals surface area contributed by atoms with Gasteiger partial charge in [0.1, 0.15) is 0 Å². The molecule has 3 N–H and O–H groups in total. The lowest BCUT2D eigenvalue weighted by molar-refractivity contribution is -0.140. The molecule has 1 rings (SSSR count). The third-order valence-corrected chi connectivity index (χ3v) is 3.27. The van der Waals surface area contributed by atoms with Crippen molar-refractivity contribution >= 4 is 5.97 Å². The van der Waals surface area contributed by atoms with Gasteiger partial charge in [0.15, 0.2) is 0 Å². The van der Waals surface area contributed by atoms with Gasteiger partial charge in [-0.25, -0.2) is 0 Å². The van der Waals surface area contributed by atoms with Crippen LogP contribution in [0, 0.1) is 11.3 Å². The van der Waals surface area contributed by atoms with E-state index in [9.17, 15) is 4.79 Å². The highest BCUT2D eigenvalue weighted by molar-refractivity contribution is 5.67. The van der Waals surface area contributed by atoms with Gasteiger partial charge in [0, 0.05) is 0 Å². The van der Waals surface area contributed by atoms with E-state index in [-0.39, 0.29) is 11.8 Å².